The van der Waals surface area contributed by atoms with E-state index in [4.69, 9.17) is 17.3 Å². The summed E-state index contributed by atoms with van der Waals surface area (Å²) in [6, 6.07) is 3.90. The molecule has 0 radical (unpaired) electrons. The number of rotatable bonds is 0. The Kier molecular flexibility index (Phi) is 2.70. The van der Waals surface area contributed by atoms with Gasteiger partial charge in [-0.2, -0.15) is 0 Å². The molecule has 1 aromatic rings. The number of hydrogen-bond donors (Lipinski definition) is 1. The van der Waals surface area contributed by atoms with Crippen molar-refractivity contribution in [1.82, 2.24) is 0 Å². The van der Waals surface area contributed by atoms with Gasteiger partial charge in [0.1, 0.15) is 0 Å². The van der Waals surface area contributed by atoms with Crippen molar-refractivity contribution in [3.05, 3.63) is 22.7 Å². The molecule has 1 aromatic carbocycles. The number of anilines is 1. The maximum absolute atomic E-state index is 6.12. The lowest BCUT2D eigenvalue weighted by molar-refractivity contribution is 0.804. The Morgan fingerprint density at radius 3 is 3.00 bits per heavy atom. The summed E-state index contributed by atoms with van der Waals surface area (Å²) in [7, 11) is 0. The molecule has 0 aromatic heterocycles. The fraction of sp³-hybridized carbons (Fsp3) is 0.400. The number of nitrogen functional groups attached to an aromatic ring is 1. The average Bonchev–Trinajstić information content (AvgIpc) is 2.28. The summed E-state index contributed by atoms with van der Waals surface area (Å²) in [5.74, 6) is 1.18. The highest BCUT2D eigenvalue weighted by Crippen LogP contribution is 2.36. The Bertz CT molecular complexity index is 325. The molecule has 1 nitrogen and oxygen atoms in total. The normalized spacial score (nSPS) is 16.4. The minimum absolute atomic E-state index is 0.784. The Morgan fingerprint density at radius 1 is 1.31 bits per heavy atom. The van der Waals surface area contributed by atoms with E-state index in [1.165, 1.54) is 29.1 Å². The average molecular weight is 214 g/mol. The van der Waals surface area contributed by atoms with E-state index in [-0.39, 0.29) is 0 Å². The second kappa shape index (κ2) is 3.81. The zero-order chi connectivity index (χ0) is 9.26. The highest BCUT2D eigenvalue weighted by Gasteiger charge is 2.12. The lowest BCUT2D eigenvalue weighted by atomic mass is 10.1. The van der Waals surface area contributed by atoms with Crippen LogP contribution in [0.25, 0.3) is 0 Å². The van der Waals surface area contributed by atoms with Crippen molar-refractivity contribution in [3.8, 4) is 0 Å². The van der Waals surface area contributed by atoms with Crippen LogP contribution in [0.3, 0.4) is 0 Å². The van der Waals surface area contributed by atoms with Gasteiger partial charge in [-0.3, -0.25) is 0 Å². The van der Waals surface area contributed by atoms with Gasteiger partial charge in [0.05, 0.1) is 5.02 Å². The van der Waals surface area contributed by atoms with Crippen molar-refractivity contribution in [1.29, 1.82) is 0 Å². The van der Waals surface area contributed by atoms with E-state index in [9.17, 15) is 0 Å². The maximum Gasteiger partial charge on any atom is 0.0565 e. The first kappa shape index (κ1) is 9.22. The van der Waals surface area contributed by atoms with Crippen molar-refractivity contribution in [2.45, 2.75) is 24.2 Å². The van der Waals surface area contributed by atoms with Crippen LogP contribution in [-0.4, -0.2) is 5.75 Å². The number of nitrogens with two attached hydrogens (primary N) is 1. The largest absolute Gasteiger partial charge is 0.399 e. The molecule has 0 saturated carbocycles. The standard InChI is InChI=1S/C10H12ClNS/c11-9-6-8(12)5-7-3-1-2-4-13-10(7)9/h5-6H,1-4,12H2. The van der Waals surface area contributed by atoms with Crippen molar-refractivity contribution in [3.63, 3.8) is 0 Å². The van der Waals surface area contributed by atoms with Gasteiger partial charge in [0.15, 0.2) is 0 Å². The molecule has 3 heteroatoms. The molecule has 0 aliphatic carbocycles. The molecule has 1 aliphatic rings. The molecule has 0 amide bonds. The van der Waals surface area contributed by atoms with Crippen LogP contribution in [-0.2, 0) is 6.42 Å². The van der Waals surface area contributed by atoms with Crippen LogP contribution in [0.15, 0.2) is 17.0 Å². The summed E-state index contributed by atoms with van der Waals surface area (Å²) in [5.41, 5.74) is 7.85. The van der Waals surface area contributed by atoms with Crippen molar-refractivity contribution >= 4 is 29.1 Å². The molecule has 0 fully saturated rings. The number of aryl methyl sites for hydroxylation is 1. The topological polar surface area (TPSA) is 26.0 Å². The van der Waals surface area contributed by atoms with Crippen LogP contribution in [0.2, 0.25) is 5.02 Å². The summed E-state index contributed by atoms with van der Waals surface area (Å²) in [6.07, 6.45) is 3.64. The Hall–Kier alpha value is -0.340. The zero-order valence-electron chi connectivity index (χ0n) is 7.35. The number of halogens is 1. The molecule has 0 bridgehead atoms. The highest BCUT2D eigenvalue weighted by atomic mass is 35.5. The molecule has 0 unspecified atom stereocenters. The van der Waals surface area contributed by atoms with Crippen LogP contribution in [0, 0.1) is 0 Å². The minimum Gasteiger partial charge on any atom is -0.399 e. The van der Waals surface area contributed by atoms with Gasteiger partial charge in [0, 0.05) is 10.6 Å². The summed E-state index contributed by atoms with van der Waals surface area (Å²) >= 11 is 7.98. The van der Waals surface area contributed by atoms with E-state index in [1.807, 2.05) is 17.8 Å². The van der Waals surface area contributed by atoms with Gasteiger partial charge in [-0.1, -0.05) is 11.6 Å². The van der Waals surface area contributed by atoms with Crippen LogP contribution in [0.5, 0.6) is 0 Å². The first-order valence-electron chi connectivity index (χ1n) is 4.48. The number of hydrogen-bond acceptors (Lipinski definition) is 2. The second-order valence-corrected chi connectivity index (χ2v) is 4.81. The third kappa shape index (κ3) is 1.94. The van der Waals surface area contributed by atoms with Crippen LogP contribution >= 0.6 is 23.4 Å². The Labute approximate surface area is 87.7 Å². The third-order valence-electron chi connectivity index (χ3n) is 2.23. The molecule has 70 valence electrons. The summed E-state index contributed by atoms with van der Waals surface area (Å²) < 4.78 is 0. The van der Waals surface area contributed by atoms with E-state index in [0.29, 0.717) is 0 Å². The van der Waals surface area contributed by atoms with Crippen molar-refractivity contribution in [2.75, 3.05) is 11.5 Å². The fourth-order valence-corrected chi connectivity index (χ4v) is 3.12. The van der Waals surface area contributed by atoms with Gasteiger partial charge in [0.2, 0.25) is 0 Å². The Morgan fingerprint density at radius 2 is 2.15 bits per heavy atom. The van der Waals surface area contributed by atoms with Crippen LogP contribution < -0.4 is 5.73 Å². The van der Waals surface area contributed by atoms with Crippen molar-refractivity contribution < 1.29 is 0 Å². The van der Waals surface area contributed by atoms with E-state index in [1.54, 1.807) is 0 Å². The first-order valence-corrected chi connectivity index (χ1v) is 5.84. The Balaban J connectivity index is 2.47. The molecule has 0 saturated heterocycles. The molecule has 0 spiro atoms. The van der Waals surface area contributed by atoms with E-state index >= 15 is 0 Å². The lowest BCUT2D eigenvalue weighted by Crippen LogP contribution is -1.91. The summed E-state index contributed by atoms with van der Waals surface area (Å²) in [5, 5.41) is 0.821. The lowest BCUT2D eigenvalue weighted by Gasteiger charge is -2.08. The van der Waals surface area contributed by atoms with E-state index in [0.717, 1.165) is 17.1 Å². The second-order valence-electron chi connectivity index (χ2n) is 3.30. The molecule has 1 heterocycles. The van der Waals surface area contributed by atoms with Gasteiger partial charge in [0.25, 0.3) is 0 Å². The predicted octanol–water partition coefficient (Wildman–Crippen LogP) is 3.35. The molecule has 0 atom stereocenters. The third-order valence-corrected chi connectivity index (χ3v) is 3.90. The number of thioether (sulfide) groups is 1. The van der Waals surface area contributed by atoms with Crippen molar-refractivity contribution in [2.24, 2.45) is 0 Å². The number of benzene rings is 1. The monoisotopic (exact) mass is 213 g/mol. The molecular formula is C10H12ClNS. The molecule has 2 rings (SSSR count). The van der Waals surface area contributed by atoms with E-state index < -0.39 is 0 Å². The predicted molar refractivity (Wildman–Crippen MR) is 59.5 cm³/mol. The number of fused-ring (bicyclic) bond motifs is 1. The van der Waals surface area contributed by atoms with Gasteiger partial charge in [-0.05, 0) is 42.7 Å². The van der Waals surface area contributed by atoms with E-state index in [2.05, 4.69) is 6.07 Å². The van der Waals surface area contributed by atoms with Crippen LogP contribution in [0.4, 0.5) is 5.69 Å². The maximum atomic E-state index is 6.12. The zero-order valence-corrected chi connectivity index (χ0v) is 8.92. The van der Waals surface area contributed by atoms with Gasteiger partial charge in [-0.25, -0.2) is 0 Å². The SMILES string of the molecule is Nc1cc(Cl)c2c(c1)CCCCS2. The first-order chi connectivity index (χ1) is 6.27. The van der Waals surface area contributed by atoms with Gasteiger partial charge in [-0.15, -0.1) is 11.8 Å². The summed E-state index contributed by atoms with van der Waals surface area (Å²) in [6.45, 7) is 0. The summed E-state index contributed by atoms with van der Waals surface area (Å²) in [4.78, 5) is 1.24. The quantitative estimate of drug-likeness (QED) is 0.669. The van der Waals surface area contributed by atoms with Gasteiger partial charge >= 0.3 is 0 Å². The fourth-order valence-electron chi connectivity index (χ4n) is 1.61. The molecule has 13 heavy (non-hydrogen) atoms. The molecule has 2 N–H and O–H groups in total. The molecular weight excluding hydrogens is 202 g/mol. The highest BCUT2D eigenvalue weighted by molar-refractivity contribution is 7.99. The smallest absolute Gasteiger partial charge is 0.0565 e. The van der Waals surface area contributed by atoms with Crippen LogP contribution in [0.1, 0.15) is 18.4 Å². The molecule has 1 aliphatic heterocycles. The minimum atomic E-state index is 0.784. The van der Waals surface area contributed by atoms with Gasteiger partial charge < -0.3 is 5.73 Å².